The molecule has 0 bridgehead atoms. The highest BCUT2D eigenvalue weighted by Crippen LogP contribution is 2.13. The molecule has 1 aromatic rings. The number of hydrogen-bond donors (Lipinski definition) is 0. The first-order chi connectivity index (χ1) is 6.80. The second kappa shape index (κ2) is 5.27. The number of nitriles is 2. The summed E-state index contributed by atoms with van der Waals surface area (Å²) in [5.41, 5.74) is 2.82. The van der Waals surface area contributed by atoms with E-state index in [1.54, 1.807) is 0 Å². The minimum absolute atomic E-state index is 0.364. The summed E-state index contributed by atoms with van der Waals surface area (Å²) in [5, 5.41) is 17.1. The number of halogens is 1. The van der Waals surface area contributed by atoms with Gasteiger partial charge < -0.3 is 0 Å². The quantitative estimate of drug-likeness (QED) is 0.711. The fraction of sp³-hybridized carbons (Fsp3) is 0.273. The van der Waals surface area contributed by atoms with E-state index in [4.69, 9.17) is 22.1 Å². The predicted molar refractivity (Wildman–Crippen MR) is 54.6 cm³/mol. The van der Waals surface area contributed by atoms with E-state index in [1.807, 2.05) is 18.2 Å². The Bertz CT molecular complexity index is 364. The SMILES string of the molecule is N#CCc1cc(CCl)cc(CC#N)c1. The second-order valence-corrected chi connectivity index (χ2v) is 3.23. The summed E-state index contributed by atoms with van der Waals surface area (Å²) in [4.78, 5) is 0. The van der Waals surface area contributed by atoms with Gasteiger partial charge in [0.15, 0.2) is 0 Å². The summed E-state index contributed by atoms with van der Waals surface area (Å²) in [6, 6.07) is 9.83. The first-order valence-corrected chi connectivity index (χ1v) is 4.75. The molecule has 0 saturated carbocycles. The van der Waals surface area contributed by atoms with E-state index in [2.05, 4.69) is 12.1 Å². The van der Waals surface area contributed by atoms with Crippen molar-refractivity contribution in [2.75, 3.05) is 0 Å². The molecule has 0 amide bonds. The molecule has 2 nitrogen and oxygen atoms in total. The molecule has 0 atom stereocenters. The average molecular weight is 205 g/mol. The summed E-state index contributed by atoms with van der Waals surface area (Å²) in [7, 11) is 0. The minimum Gasteiger partial charge on any atom is -0.198 e. The third-order valence-corrected chi connectivity index (χ3v) is 2.14. The fourth-order valence-electron chi connectivity index (χ4n) is 1.30. The van der Waals surface area contributed by atoms with Crippen molar-refractivity contribution in [3.8, 4) is 12.1 Å². The number of rotatable bonds is 3. The predicted octanol–water partition coefficient (Wildman–Crippen LogP) is 2.56. The van der Waals surface area contributed by atoms with Gasteiger partial charge in [-0.3, -0.25) is 0 Å². The van der Waals surface area contributed by atoms with Crippen LogP contribution < -0.4 is 0 Å². The molecule has 1 rings (SSSR count). The smallest absolute Gasteiger partial charge is 0.0669 e. The van der Waals surface area contributed by atoms with Crippen LogP contribution >= 0.6 is 11.6 Å². The first-order valence-electron chi connectivity index (χ1n) is 4.21. The molecule has 3 heteroatoms. The number of alkyl halides is 1. The van der Waals surface area contributed by atoms with Crippen LogP contribution in [0.25, 0.3) is 0 Å². The normalized spacial score (nSPS) is 9.07. The number of nitrogens with zero attached hydrogens (tertiary/aromatic N) is 2. The van der Waals surface area contributed by atoms with Crippen molar-refractivity contribution < 1.29 is 0 Å². The zero-order valence-electron chi connectivity index (χ0n) is 7.63. The highest BCUT2D eigenvalue weighted by Gasteiger charge is 2.00. The molecule has 0 aliphatic heterocycles. The molecule has 0 aliphatic carbocycles. The van der Waals surface area contributed by atoms with Gasteiger partial charge in [-0.05, 0) is 16.7 Å². The Kier molecular flexibility index (Phi) is 3.98. The van der Waals surface area contributed by atoms with Gasteiger partial charge in [-0.15, -0.1) is 11.6 Å². The van der Waals surface area contributed by atoms with Crippen molar-refractivity contribution in [3.63, 3.8) is 0 Å². The Morgan fingerprint density at radius 1 is 0.929 bits per heavy atom. The summed E-state index contributed by atoms with van der Waals surface area (Å²) < 4.78 is 0. The van der Waals surface area contributed by atoms with Gasteiger partial charge >= 0.3 is 0 Å². The Morgan fingerprint density at radius 3 is 1.71 bits per heavy atom. The maximum Gasteiger partial charge on any atom is 0.0669 e. The molecular weight excluding hydrogens is 196 g/mol. The van der Waals surface area contributed by atoms with Crippen LogP contribution in [0.15, 0.2) is 18.2 Å². The molecule has 0 saturated heterocycles. The summed E-state index contributed by atoms with van der Waals surface area (Å²) in [5.74, 6) is 0.414. The van der Waals surface area contributed by atoms with Gasteiger partial charge in [-0.25, -0.2) is 0 Å². The third kappa shape index (κ3) is 2.76. The Hall–Kier alpha value is -1.51. The van der Waals surface area contributed by atoms with Crippen molar-refractivity contribution in [2.45, 2.75) is 18.7 Å². The van der Waals surface area contributed by atoms with Gasteiger partial charge in [0.1, 0.15) is 0 Å². The van der Waals surface area contributed by atoms with Gasteiger partial charge in [0.05, 0.1) is 25.0 Å². The standard InChI is InChI=1S/C11H9ClN2/c12-8-11-6-9(1-3-13)5-10(7-11)2-4-14/h5-7H,1-2,8H2. The summed E-state index contributed by atoms with van der Waals surface area (Å²) >= 11 is 5.71. The van der Waals surface area contributed by atoms with E-state index >= 15 is 0 Å². The van der Waals surface area contributed by atoms with Crippen molar-refractivity contribution in [3.05, 3.63) is 34.9 Å². The lowest BCUT2D eigenvalue weighted by Gasteiger charge is -2.03. The maximum atomic E-state index is 8.56. The molecule has 0 aromatic heterocycles. The number of hydrogen-bond acceptors (Lipinski definition) is 2. The second-order valence-electron chi connectivity index (χ2n) is 2.96. The molecule has 0 unspecified atom stereocenters. The lowest BCUT2D eigenvalue weighted by Crippen LogP contribution is -1.91. The van der Waals surface area contributed by atoms with Crippen LogP contribution in [0, 0.1) is 22.7 Å². The van der Waals surface area contributed by atoms with Crippen LogP contribution in [0.3, 0.4) is 0 Å². The van der Waals surface area contributed by atoms with Gasteiger partial charge in [-0.1, -0.05) is 18.2 Å². The maximum absolute atomic E-state index is 8.56. The average Bonchev–Trinajstić information content (AvgIpc) is 2.18. The molecule has 0 aliphatic rings. The van der Waals surface area contributed by atoms with E-state index < -0.39 is 0 Å². The van der Waals surface area contributed by atoms with Crippen molar-refractivity contribution >= 4 is 11.6 Å². The van der Waals surface area contributed by atoms with Crippen molar-refractivity contribution in [1.82, 2.24) is 0 Å². The zero-order chi connectivity index (χ0) is 10.4. The lowest BCUT2D eigenvalue weighted by atomic mass is 10.0. The highest BCUT2D eigenvalue weighted by molar-refractivity contribution is 6.17. The van der Waals surface area contributed by atoms with Crippen molar-refractivity contribution in [1.29, 1.82) is 10.5 Å². The molecule has 0 fully saturated rings. The van der Waals surface area contributed by atoms with E-state index in [9.17, 15) is 0 Å². The Balaban J connectivity index is 3.03. The highest BCUT2D eigenvalue weighted by atomic mass is 35.5. The molecular formula is C11H9ClN2. The Morgan fingerprint density at radius 2 is 1.36 bits per heavy atom. The molecule has 70 valence electrons. The van der Waals surface area contributed by atoms with E-state index in [1.165, 1.54) is 0 Å². The topological polar surface area (TPSA) is 47.6 Å². The van der Waals surface area contributed by atoms with Crippen molar-refractivity contribution in [2.24, 2.45) is 0 Å². The van der Waals surface area contributed by atoms with Crippen LogP contribution in [0.2, 0.25) is 0 Å². The van der Waals surface area contributed by atoms with Gasteiger partial charge in [0.25, 0.3) is 0 Å². The molecule has 14 heavy (non-hydrogen) atoms. The summed E-state index contributed by atoms with van der Waals surface area (Å²) in [6.45, 7) is 0. The largest absolute Gasteiger partial charge is 0.198 e. The fourth-order valence-corrected chi connectivity index (χ4v) is 1.46. The van der Waals surface area contributed by atoms with Crippen LogP contribution in [-0.4, -0.2) is 0 Å². The molecule has 1 aromatic carbocycles. The van der Waals surface area contributed by atoms with Crippen LogP contribution in [0.4, 0.5) is 0 Å². The van der Waals surface area contributed by atoms with Crippen LogP contribution in [0.5, 0.6) is 0 Å². The monoisotopic (exact) mass is 204 g/mol. The van der Waals surface area contributed by atoms with Crippen LogP contribution in [0.1, 0.15) is 16.7 Å². The minimum atomic E-state index is 0.364. The first kappa shape index (κ1) is 10.6. The van der Waals surface area contributed by atoms with E-state index in [0.29, 0.717) is 18.7 Å². The van der Waals surface area contributed by atoms with E-state index in [-0.39, 0.29) is 0 Å². The molecule has 0 heterocycles. The molecule has 0 N–H and O–H groups in total. The zero-order valence-corrected chi connectivity index (χ0v) is 8.38. The lowest BCUT2D eigenvalue weighted by molar-refractivity contribution is 1.17. The Labute approximate surface area is 88.3 Å². The number of benzene rings is 1. The van der Waals surface area contributed by atoms with E-state index in [0.717, 1.165) is 16.7 Å². The van der Waals surface area contributed by atoms with Gasteiger partial charge in [0.2, 0.25) is 0 Å². The van der Waals surface area contributed by atoms with Gasteiger partial charge in [0, 0.05) is 5.88 Å². The third-order valence-electron chi connectivity index (χ3n) is 1.83. The molecule has 0 spiro atoms. The summed E-state index contributed by atoms with van der Waals surface area (Å²) in [6.07, 6.45) is 0.728. The van der Waals surface area contributed by atoms with Crippen LogP contribution in [-0.2, 0) is 18.7 Å². The van der Waals surface area contributed by atoms with Gasteiger partial charge in [-0.2, -0.15) is 10.5 Å². The molecule has 0 radical (unpaired) electrons.